The van der Waals surface area contributed by atoms with Crippen LogP contribution < -0.4 is 9.47 Å². The highest BCUT2D eigenvalue weighted by Gasteiger charge is 2.28. The molecule has 0 amide bonds. The van der Waals surface area contributed by atoms with E-state index in [0.29, 0.717) is 49.2 Å². The SMILES string of the molecule is CC(C)C(=O)Oc1ccc(C(=O)OC(=O)/C=C/C(=O)OC(=O)c2ccc(OC(=O)C(C)C)c(C(CCN(C(C)C)C(C)C)c3ccccc3)c2)cc1C(CCN(C(C)C)C(C)C)c1ccccc1. The van der Waals surface area contributed by atoms with E-state index in [9.17, 15) is 28.8 Å². The predicted octanol–water partition coefficient (Wildman–Crippen LogP) is 10.7. The highest BCUT2D eigenvalue weighted by atomic mass is 16.6. The van der Waals surface area contributed by atoms with E-state index in [2.05, 4.69) is 65.2 Å². The van der Waals surface area contributed by atoms with E-state index >= 15 is 0 Å². The van der Waals surface area contributed by atoms with E-state index in [1.165, 1.54) is 24.3 Å². The molecule has 4 aromatic carbocycles. The van der Waals surface area contributed by atoms with Gasteiger partial charge < -0.3 is 18.9 Å². The van der Waals surface area contributed by atoms with Crippen LogP contribution in [0.4, 0.5) is 0 Å². The molecule has 4 aromatic rings. The van der Waals surface area contributed by atoms with Gasteiger partial charge in [0.05, 0.1) is 23.0 Å². The van der Waals surface area contributed by atoms with Crippen molar-refractivity contribution in [3.05, 3.63) is 143 Å². The van der Waals surface area contributed by atoms with Gasteiger partial charge in [-0.15, -0.1) is 0 Å². The summed E-state index contributed by atoms with van der Waals surface area (Å²) in [5.41, 5.74) is 3.04. The molecular weight excluding hydrogens is 861 g/mol. The van der Waals surface area contributed by atoms with Gasteiger partial charge in [-0.25, -0.2) is 19.2 Å². The van der Waals surface area contributed by atoms with Gasteiger partial charge in [0, 0.05) is 59.3 Å². The van der Waals surface area contributed by atoms with Crippen molar-refractivity contribution >= 4 is 35.8 Å². The van der Waals surface area contributed by atoms with Crippen molar-refractivity contribution < 1.29 is 47.7 Å². The molecule has 0 bridgehead atoms. The van der Waals surface area contributed by atoms with Crippen molar-refractivity contribution in [3.63, 3.8) is 0 Å². The van der Waals surface area contributed by atoms with Crippen molar-refractivity contribution in [2.24, 2.45) is 11.8 Å². The number of ether oxygens (including phenoxy) is 4. The van der Waals surface area contributed by atoms with Gasteiger partial charge in [-0.3, -0.25) is 19.4 Å². The summed E-state index contributed by atoms with van der Waals surface area (Å²) in [6.07, 6.45) is 2.64. The van der Waals surface area contributed by atoms with Crippen LogP contribution in [0.3, 0.4) is 0 Å². The van der Waals surface area contributed by atoms with E-state index in [1.54, 1.807) is 39.8 Å². The fraction of sp³-hybridized carbons (Fsp3) is 0.429. The van der Waals surface area contributed by atoms with Gasteiger partial charge in [-0.05, 0) is 129 Å². The molecule has 0 N–H and O–H groups in total. The molecule has 0 fully saturated rings. The molecule has 0 heterocycles. The Morgan fingerprint density at radius 1 is 0.456 bits per heavy atom. The van der Waals surface area contributed by atoms with Gasteiger partial charge in [0.15, 0.2) is 0 Å². The van der Waals surface area contributed by atoms with Crippen LogP contribution in [0.2, 0.25) is 0 Å². The summed E-state index contributed by atoms with van der Waals surface area (Å²) in [6.45, 7) is 25.4. The molecule has 2 unspecified atom stereocenters. The maximum atomic E-state index is 13.5. The number of hydrogen-bond acceptors (Lipinski definition) is 12. The van der Waals surface area contributed by atoms with Crippen LogP contribution >= 0.6 is 0 Å². The van der Waals surface area contributed by atoms with E-state index in [-0.39, 0.29) is 58.6 Å². The van der Waals surface area contributed by atoms with Gasteiger partial charge in [-0.2, -0.15) is 0 Å². The highest BCUT2D eigenvalue weighted by Crippen LogP contribution is 2.38. The molecule has 0 radical (unpaired) electrons. The molecule has 2 atom stereocenters. The summed E-state index contributed by atoms with van der Waals surface area (Å²) < 4.78 is 22.0. The Morgan fingerprint density at radius 2 is 0.779 bits per heavy atom. The average Bonchev–Trinajstić information content (AvgIpc) is 3.29. The third-order valence-corrected chi connectivity index (χ3v) is 11.8. The Hall–Kier alpha value is -6.24. The molecule has 0 saturated heterocycles. The normalized spacial score (nSPS) is 12.7. The maximum absolute atomic E-state index is 13.5. The van der Waals surface area contributed by atoms with Crippen molar-refractivity contribution in [1.82, 2.24) is 9.80 Å². The third-order valence-electron chi connectivity index (χ3n) is 11.8. The first-order valence-electron chi connectivity index (χ1n) is 23.7. The zero-order valence-corrected chi connectivity index (χ0v) is 41.8. The van der Waals surface area contributed by atoms with Crippen molar-refractivity contribution in [1.29, 1.82) is 0 Å². The lowest BCUT2D eigenvalue weighted by molar-refractivity contribution is -0.138. The minimum atomic E-state index is -1.18. The number of carbonyl (C=O) groups is 6. The second-order valence-corrected chi connectivity index (χ2v) is 18.8. The quantitative estimate of drug-likeness (QED) is 0.0320. The lowest BCUT2D eigenvalue weighted by Crippen LogP contribution is -2.38. The standard InChI is InChI=1S/C56H70N2O10/c1-35(2)53(61)65-49-25-23-43(33-47(49)45(41-19-15-13-16-20-41)29-31-57(37(5)6)38(7)8)55(63)67-51(59)27-28-52(60)68-56(64)44-24-26-50(66-54(62)36(3)4)48(34-44)46(42-21-17-14-18-22-42)30-32-58(39(9)10)40(11)12/h13-28,33-40,45-46H,29-32H2,1-12H3/b28-27+. The summed E-state index contributed by atoms with van der Waals surface area (Å²) in [5.74, 6) is -6.15. The van der Waals surface area contributed by atoms with Crippen LogP contribution in [0, 0.1) is 11.8 Å². The average molecular weight is 931 g/mol. The van der Waals surface area contributed by atoms with E-state index < -0.39 is 47.7 Å². The Balaban J connectivity index is 1.58. The van der Waals surface area contributed by atoms with Crippen LogP contribution in [0.15, 0.2) is 109 Å². The lowest BCUT2D eigenvalue weighted by atomic mass is 9.86. The summed E-state index contributed by atoms with van der Waals surface area (Å²) >= 11 is 0. The summed E-state index contributed by atoms with van der Waals surface area (Å²) in [7, 11) is 0. The number of esters is 6. The van der Waals surface area contributed by atoms with Crippen molar-refractivity contribution in [3.8, 4) is 11.5 Å². The molecule has 0 spiro atoms. The molecule has 0 aliphatic heterocycles. The zero-order valence-electron chi connectivity index (χ0n) is 41.8. The molecule has 68 heavy (non-hydrogen) atoms. The highest BCUT2D eigenvalue weighted by molar-refractivity contribution is 6.04. The fourth-order valence-electron chi connectivity index (χ4n) is 8.19. The summed E-state index contributed by atoms with van der Waals surface area (Å²) in [6, 6.07) is 29.5. The molecule has 0 aliphatic rings. The molecule has 12 nitrogen and oxygen atoms in total. The molecule has 0 saturated carbocycles. The Morgan fingerprint density at radius 3 is 1.07 bits per heavy atom. The van der Waals surface area contributed by atoms with Crippen LogP contribution in [-0.4, -0.2) is 82.9 Å². The van der Waals surface area contributed by atoms with Crippen molar-refractivity contribution in [2.75, 3.05) is 13.1 Å². The van der Waals surface area contributed by atoms with Gasteiger partial charge in [0.1, 0.15) is 11.5 Å². The first-order valence-corrected chi connectivity index (χ1v) is 23.7. The number of nitrogens with zero attached hydrogens (tertiary/aromatic N) is 2. The molecule has 0 aliphatic carbocycles. The molecule has 12 heteroatoms. The Labute approximate surface area is 403 Å². The number of hydrogen-bond donors (Lipinski definition) is 0. The third kappa shape index (κ3) is 15.7. The van der Waals surface area contributed by atoms with Gasteiger partial charge in [0.2, 0.25) is 0 Å². The number of rotatable bonds is 22. The molecule has 364 valence electrons. The Bertz CT molecular complexity index is 2190. The van der Waals surface area contributed by atoms with Crippen LogP contribution in [0.25, 0.3) is 0 Å². The molecule has 4 rings (SSSR count). The monoisotopic (exact) mass is 931 g/mol. The van der Waals surface area contributed by atoms with Crippen LogP contribution in [0.1, 0.15) is 151 Å². The summed E-state index contributed by atoms with van der Waals surface area (Å²) in [4.78, 5) is 83.6. The van der Waals surface area contributed by atoms with Gasteiger partial charge >= 0.3 is 35.8 Å². The van der Waals surface area contributed by atoms with Gasteiger partial charge in [0.25, 0.3) is 0 Å². The second-order valence-electron chi connectivity index (χ2n) is 18.8. The first kappa shape index (κ1) is 54.4. The minimum absolute atomic E-state index is 0.0163. The molecule has 0 aromatic heterocycles. The first-order chi connectivity index (χ1) is 32.2. The second kappa shape index (κ2) is 25.8. The van der Waals surface area contributed by atoms with E-state index in [1.807, 2.05) is 60.7 Å². The predicted molar refractivity (Wildman–Crippen MR) is 264 cm³/mol. The fourth-order valence-corrected chi connectivity index (χ4v) is 8.19. The maximum Gasteiger partial charge on any atom is 0.346 e. The summed E-state index contributed by atoms with van der Waals surface area (Å²) in [5, 5.41) is 0. The largest absolute Gasteiger partial charge is 0.426 e. The topological polar surface area (TPSA) is 146 Å². The van der Waals surface area contributed by atoms with Gasteiger partial charge in [-0.1, -0.05) is 88.4 Å². The minimum Gasteiger partial charge on any atom is -0.426 e. The van der Waals surface area contributed by atoms with Crippen LogP contribution in [-0.2, 0) is 28.7 Å². The smallest absolute Gasteiger partial charge is 0.346 e. The van der Waals surface area contributed by atoms with Crippen molar-refractivity contribution in [2.45, 2.75) is 132 Å². The number of benzene rings is 4. The number of carbonyl (C=O) groups excluding carboxylic acids is 6. The van der Waals surface area contributed by atoms with E-state index in [4.69, 9.17) is 18.9 Å². The Kier molecular flexibility index (Phi) is 20.6. The lowest BCUT2D eigenvalue weighted by Gasteiger charge is -2.32. The zero-order chi connectivity index (χ0) is 50.2. The van der Waals surface area contributed by atoms with E-state index in [0.717, 1.165) is 11.1 Å². The molecular formula is C56H70N2O10. The van der Waals surface area contributed by atoms with Crippen LogP contribution in [0.5, 0.6) is 11.5 Å².